The lowest BCUT2D eigenvalue weighted by Crippen LogP contribution is -2.11. The molecule has 0 unspecified atom stereocenters. The average molecular weight is 261 g/mol. The molecule has 0 heterocycles. The summed E-state index contributed by atoms with van der Waals surface area (Å²) < 4.78 is 0. The van der Waals surface area contributed by atoms with E-state index in [9.17, 15) is 0 Å². The number of rotatable bonds is 3. The lowest BCUT2D eigenvalue weighted by Gasteiger charge is -2.23. The molecule has 0 spiro atoms. The Bertz CT molecular complexity index is 552. The Morgan fingerprint density at radius 1 is 1.11 bits per heavy atom. The minimum Gasteiger partial charge on any atom is -0.343 e. The summed E-state index contributed by atoms with van der Waals surface area (Å²) in [6.45, 7) is 2.60. The molecule has 0 aliphatic heterocycles. The van der Waals surface area contributed by atoms with Crippen LogP contribution in [0.2, 0.25) is 5.02 Å². The number of anilines is 2. The molecular formula is C15H17ClN2. The van der Waals surface area contributed by atoms with E-state index in [1.807, 2.05) is 37.4 Å². The molecule has 2 nitrogen and oxygen atoms in total. The van der Waals surface area contributed by atoms with Crippen LogP contribution in [0.5, 0.6) is 0 Å². The van der Waals surface area contributed by atoms with Crippen LogP contribution < -0.4 is 10.6 Å². The Balaban J connectivity index is 2.40. The summed E-state index contributed by atoms with van der Waals surface area (Å²) in [6, 6.07) is 14.2. The third kappa shape index (κ3) is 2.50. The molecule has 2 N–H and O–H groups in total. The van der Waals surface area contributed by atoms with Crippen molar-refractivity contribution < 1.29 is 0 Å². The van der Waals surface area contributed by atoms with Crippen LogP contribution in [-0.4, -0.2) is 7.05 Å². The molecule has 3 heteroatoms. The molecule has 0 saturated carbocycles. The Labute approximate surface area is 113 Å². The molecular weight excluding hydrogens is 244 g/mol. The summed E-state index contributed by atoms with van der Waals surface area (Å²) in [5.74, 6) is 0. The number of hydrogen-bond acceptors (Lipinski definition) is 2. The predicted octanol–water partition coefficient (Wildman–Crippen LogP) is 3.88. The Morgan fingerprint density at radius 3 is 2.44 bits per heavy atom. The molecule has 94 valence electrons. The van der Waals surface area contributed by atoms with Gasteiger partial charge in [0.1, 0.15) is 0 Å². The molecule has 0 amide bonds. The van der Waals surface area contributed by atoms with Crippen molar-refractivity contribution in [3.8, 4) is 0 Å². The predicted molar refractivity (Wildman–Crippen MR) is 78.6 cm³/mol. The molecule has 0 bridgehead atoms. The highest BCUT2D eigenvalue weighted by Crippen LogP contribution is 2.32. The smallest absolute Gasteiger partial charge is 0.0646 e. The van der Waals surface area contributed by atoms with Crippen LogP contribution in [-0.2, 0) is 6.54 Å². The summed E-state index contributed by atoms with van der Waals surface area (Å²) in [7, 11) is 2.02. The number of aryl methyl sites for hydroxylation is 1. The summed E-state index contributed by atoms with van der Waals surface area (Å²) in [4.78, 5) is 2.10. The first-order valence-corrected chi connectivity index (χ1v) is 6.29. The molecule has 2 rings (SSSR count). The van der Waals surface area contributed by atoms with E-state index in [1.54, 1.807) is 0 Å². The zero-order valence-corrected chi connectivity index (χ0v) is 11.4. The highest BCUT2D eigenvalue weighted by atomic mass is 35.5. The van der Waals surface area contributed by atoms with Crippen LogP contribution in [0.25, 0.3) is 0 Å². The number of hydrogen-bond donors (Lipinski definition) is 1. The van der Waals surface area contributed by atoms with E-state index in [4.69, 9.17) is 17.3 Å². The average Bonchev–Trinajstić information content (AvgIpc) is 2.38. The first-order chi connectivity index (χ1) is 8.63. The van der Waals surface area contributed by atoms with Gasteiger partial charge in [0.2, 0.25) is 0 Å². The molecule has 0 radical (unpaired) electrons. The maximum Gasteiger partial charge on any atom is 0.0646 e. The summed E-state index contributed by atoms with van der Waals surface area (Å²) in [5, 5.41) is 0.726. The van der Waals surface area contributed by atoms with Gasteiger partial charge in [0.15, 0.2) is 0 Å². The monoisotopic (exact) mass is 260 g/mol. The Hall–Kier alpha value is -1.51. The van der Waals surface area contributed by atoms with Crippen LogP contribution in [0, 0.1) is 6.92 Å². The quantitative estimate of drug-likeness (QED) is 0.908. The summed E-state index contributed by atoms with van der Waals surface area (Å²) in [6.07, 6.45) is 0. The standard InChI is InChI=1S/C15H17ClN2/c1-11-5-3-4-6-14(11)18(2)15-8-7-12(10-17)9-13(15)16/h3-9H,10,17H2,1-2H3. The van der Waals surface area contributed by atoms with Crippen molar-refractivity contribution in [1.82, 2.24) is 0 Å². The fraction of sp³-hybridized carbons (Fsp3) is 0.200. The van der Waals surface area contributed by atoms with E-state index in [0.29, 0.717) is 6.54 Å². The zero-order chi connectivity index (χ0) is 13.1. The Morgan fingerprint density at radius 2 is 1.83 bits per heavy atom. The van der Waals surface area contributed by atoms with Gasteiger partial charge in [-0.25, -0.2) is 0 Å². The fourth-order valence-corrected chi connectivity index (χ4v) is 2.35. The number of nitrogens with zero attached hydrogens (tertiary/aromatic N) is 1. The minimum atomic E-state index is 0.508. The molecule has 2 aromatic rings. The van der Waals surface area contributed by atoms with E-state index >= 15 is 0 Å². The molecule has 2 aromatic carbocycles. The van der Waals surface area contributed by atoms with Crippen LogP contribution in [0.3, 0.4) is 0 Å². The number of benzene rings is 2. The first kappa shape index (κ1) is 12.9. The van der Waals surface area contributed by atoms with Crippen LogP contribution in [0.1, 0.15) is 11.1 Å². The van der Waals surface area contributed by atoms with Crippen LogP contribution >= 0.6 is 11.6 Å². The first-order valence-electron chi connectivity index (χ1n) is 5.91. The van der Waals surface area contributed by atoms with Crippen LogP contribution in [0.15, 0.2) is 42.5 Å². The van der Waals surface area contributed by atoms with Gasteiger partial charge in [-0.2, -0.15) is 0 Å². The van der Waals surface area contributed by atoms with Gasteiger partial charge in [-0.05, 0) is 36.2 Å². The molecule has 0 aliphatic rings. The van der Waals surface area contributed by atoms with Crippen molar-refractivity contribution in [3.63, 3.8) is 0 Å². The van der Waals surface area contributed by atoms with Gasteiger partial charge in [-0.3, -0.25) is 0 Å². The fourth-order valence-electron chi connectivity index (χ4n) is 2.02. The molecule has 0 saturated heterocycles. The number of para-hydroxylation sites is 1. The number of nitrogens with two attached hydrogens (primary N) is 1. The largest absolute Gasteiger partial charge is 0.343 e. The van der Waals surface area contributed by atoms with Crippen molar-refractivity contribution in [2.45, 2.75) is 13.5 Å². The van der Waals surface area contributed by atoms with Gasteiger partial charge < -0.3 is 10.6 Å². The molecule has 0 aliphatic carbocycles. The van der Waals surface area contributed by atoms with Gasteiger partial charge in [0.25, 0.3) is 0 Å². The zero-order valence-electron chi connectivity index (χ0n) is 10.7. The van der Waals surface area contributed by atoms with Gasteiger partial charge in [0.05, 0.1) is 10.7 Å². The molecule has 18 heavy (non-hydrogen) atoms. The van der Waals surface area contributed by atoms with Crippen molar-refractivity contribution in [2.75, 3.05) is 11.9 Å². The van der Waals surface area contributed by atoms with Crippen LogP contribution in [0.4, 0.5) is 11.4 Å². The second-order valence-corrected chi connectivity index (χ2v) is 4.74. The highest BCUT2D eigenvalue weighted by molar-refractivity contribution is 6.33. The maximum atomic E-state index is 6.31. The van der Waals surface area contributed by atoms with Gasteiger partial charge in [0, 0.05) is 19.3 Å². The van der Waals surface area contributed by atoms with Gasteiger partial charge in [-0.1, -0.05) is 35.9 Å². The molecule has 0 atom stereocenters. The number of halogens is 1. The Kier molecular flexibility index (Phi) is 3.90. The van der Waals surface area contributed by atoms with Crippen molar-refractivity contribution in [1.29, 1.82) is 0 Å². The van der Waals surface area contributed by atoms with Gasteiger partial charge in [-0.15, -0.1) is 0 Å². The second kappa shape index (κ2) is 5.42. The van der Waals surface area contributed by atoms with E-state index in [1.165, 1.54) is 5.56 Å². The van der Waals surface area contributed by atoms with Gasteiger partial charge >= 0.3 is 0 Å². The summed E-state index contributed by atoms with van der Waals surface area (Å²) >= 11 is 6.31. The SMILES string of the molecule is Cc1ccccc1N(C)c1ccc(CN)cc1Cl. The van der Waals surface area contributed by atoms with E-state index in [0.717, 1.165) is 22.0 Å². The van der Waals surface area contributed by atoms with E-state index in [-0.39, 0.29) is 0 Å². The van der Waals surface area contributed by atoms with E-state index in [2.05, 4.69) is 24.0 Å². The second-order valence-electron chi connectivity index (χ2n) is 4.34. The minimum absolute atomic E-state index is 0.508. The lowest BCUT2D eigenvalue weighted by molar-refractivity contribution is 1.07. The molecule has 0 aromatic heterocycles. The van der Waals surface area contributed by atoms with Crippen molar-refractivity contribution >= 4 is 23.0 Å². The lowest BCUT2D eigenvalue weighted by atomic mass is 10.1. The summed E-state index contributed by atoms with van der Waals surface area (Å²) in [5.41, 5.74) is 10.0. The third-order valence-corrected chi connectivity index (χ3v) is 3.39. The normalized spacial score (nSPS) is 10.4. The highest BCUT2D eigenvalue weighted by Gasteiger charge is 2.10. The van der Waals surface area contributed by atoms with E-state index < -0.39 is 0 Å². The maximum absolute atomic E-state index is 6.31. The van der Waals surface area contributed by atoms with Crippen molar-refractivity contribution in [3.05, 3.63) is 58.6 Å². The van der Waals surface area contributed by atoms with Crippen molar-refractivity contribution in [2.24, 2.45) is 5.73 Å². The third-order valence-electron chi connectivity index (χ3n) is 3.09. The molecule has 0 fully saturated rings. The topological polar surface area (TPSA) is 29.3 Å².